The third-order valence-corrected chi connectivity index (χ3v) is 4.36. The Balaban J connectivity index is 1.60. The van der Waals surface area contributed by atoms with Crippen LogP contribution in [0, 0.1) is 5.92 Å². The minimum absolute atomic E-state index is 0.0183. The number of carbonyl (C=O) groups excluding carboxylic acids is 1. The molecule has 1 aromatic carbocycles. The van der Waals surface area contributed by atoms with Gasteiger partial charge in [-0.05, 0) is 37.1 Å². The summed E-state index contributed by atoms with van der Waals surface area (Å²) < 4.78 is 5.25. The van der Waals surface area contributed by atoms with E-state index in [9.17, 15) is 4.79 Å². The number of piperidine rings is 1. The molecule has 2 aromatic rings. The van der Waals surface area contributed by atoms with Gasteiger partial charge in [0.15, 0.2) is 11.6 Å². The standard InChI is InChI=1S/C19H23N3O2/c1-24-17-10-5-11-20-18(17)21-19(23)16-9-6-12-22(14-16)13-15-7-3-2-4-8-15/h2-5,7-8,10-11,16H,6,9,12-14H2,1H3,(H,20,21,23). The van der Waals surface area contributed by atoms with Crippen molar-refractivity contribution >= 4 is 11.7 Å². The molecule has 1 aliphatic rings. The van der Waals surface area contributed by atoms with Gasteiger partial charge >= 0.3 is 0 Å². The highest BCUT2D eigenvalue weighted by molar-refractivity contribution is 5.93. The molecule has 0 bridgehead atoms. The number of nitrogens with zero attached hydrogens (tertiary/aromatic N) is 2. The van der Waals surface area contributed by atoms with Crippen LogP contribution in [0.4, 0.5) is 5.82 Å². The second-order valence-corrected chi connectivity index (χ2v) is 6.10. The third-order valence-electron chi connectivity index (χ3n) is 4.36. The molecule has 0 saturated carbocycles. The van der Waals surface area contributed by atoms with E-state index in [4.69, 9.17) is 4.74 Å². The molecule has 1 aromatic heterocycles. The average Bonchev–Trinajstić information content (AvgIpc) is 2.63. The van der Waals surface area contributed by atoms with Gasteiger partial charge in [-0.15, -0.1) is 0 Å². The molecule has 5 heteroatoms. The van der Waals surface area contributed by atoms with E-state index in [2.05, 4.69) is 39.5 Å². The molecule has 126 valence electrons. The molecule has 0 spiro atoms. The molecule has 0 aliphatic carbocycles. The highest BCUT2D eigenvalue weighted by atomic mass is 16.5. The Hall–Kier alpha value is -2.40. The number of rotatable bonds is 5. The quantitative estimate of drug-likeness (QED) is 0.918. The van der Waals surface area contributed by atoms with Crippen molar-refractivity contribution in [3.8, 4) is 5.75 Å². The smallest absolute Gasteiger partial charge is 0.230 e. The molecule has 0 radical (unpaired) electrons. The van der Waals surface area contributed by atoms with Crippen LogP contribution < -0.4 is 10.1 Å². The second-order valence-electron chi connectivity index (χ2n) is 6.10. The molecule has 1 saturated heterocycles. The van der Waals surface area contributed by atoms with E-state index in [-0.39, 0.29) is 11.8 Å². The van der Waals surface area contributed by atoms with Crippen molar-refractivity contribution in [1.29, 1.82) is 0 Å². The van der Waals surface area contributed by atoms with Crippen molar-refractivity contribution in [3.63, 3.8) is 0 Å². The van der Waals surface area contributed by atoms with Crippen LogP contribution >= 0.6 is 0 Å². The largest absolute Gasteiger partial charge is 0.493 e. The van der Waals surface area contributed by atoms with E-state index < -0.39 is 0 Å². The molecule has 24 heavy (non-hydrogen) atoms. The number of aromatic nitrogens is 1. The van der Waals surface area contributed by atoms with E-state index >= 15 is 0 Å². The van der Waals surface area contributed by atoms with E-state index in [1.807, 2.05) is 6.07 Å². The summed E-state index contributed by atoms with van der Waals surface area (Å²) in [7, 11) is 1.58. The molecule has 1 amide bonds. The van der Waals surface area contributed by atoms with Crippen LogP contribution in [0.25, 0.3) is 0 Å². The van der Waals surface area contributed by atoms with Crippen molar-refractivity contribution in [2.75, 3.05) is 25.5 Å². The molecule has 2 heterocycles. The van der Waals surface area contributed by atoms with Crippen molar-refractivity contribution in [2.24, 2.45) is 5.92 Å². The highest BCUT2D eigenvalue weighted by Crippen LogP contribution is 2.24. The van der Waals surface area contributed by atoms with Gasteiger partial charge in [0.2, 0.25) is 5.91 Å². The lowest BCUT2D eigenvalue weighted by Gasteiger charge is -2.32. The second kappa shape index (κ2) is 7.93. The number of nitrogens with one attached hydrogen (secondary N) is 1. The summed E-state index contributed by atoms with van der Waals surface area (Å²) in [6.07, 6.45) is 3.59. The SMILES string of the molecule is COc1cccnc1NC(=O)C1CCCN(Cc2ccccc2)C1. The number of carbonyl (C=O) groups is 1. The molecule has 5 nitrogen and oxygen atoms in total. The monoisotopic (exact) mass is 325 g/mol. The van der Waals surface area contributed by atoms with Crippen LogP contribution in [0.15, 0.2) is 48.7 Å². The van der Waals surface area contributed by atoms with Crippen LogP contribution in [0.3, 0.4) is 0 Å². The molecular weight excluding hydrogens is 302 g/mol. The van der Waals surface area contributed by atoms with Crippen molar-refractivity contribution in [2.45, 2.75) is 19.4 Å². The Morgan fingerprint density at radius 2 is 2.12 bits per heavy atom. The lowest BCUT2D eigenvalue weighted by atomic mass is 9.96. The maximum absolute atomic E-state index is 12.6. The first-order valence-electron chi connectivity index (χ1n) is 8.32. The number of anilines is 1. The summed E-state index contributed by atoms with van der Waals surface area (Å²) in [6.45, 7) is 2.69. The maximum atomic E-state index is 12.6. The first-order valence-corrected chi connectivity index (χ1v) is 8.32. The zero-order valence-corrected chi connectivity index (χ0v) is 13.9. The molecule has 3 rings (SSSR count). The Kier molecular flexibility index (Phi) is 5.43. The number of methoxy groups -OCH3 is 1. The number of hydrogen-bond acceptors (Lipinski definition) is 4. The fraction of sp³-hybridized carbons (Fsp3) is 0.368. The first-order chi connectivity index (χ1) is 11.8. The van der Waals surface area contributed by atoms with E-state index in [0.29, 0.717) is 11.6 Å². The Morgan fingerprint density at radius 3 is 2.92 bits per heavy atom. The number of hydrogen-bond donors (Lipinski definition) is 1. The van der Waals surface area contributed by atoms with Crippen molar-refractivity contribution < 1.29 is 9.53 Å². The van der Waals surface area contributed by atoms with Gasteiger partial charge in [-0.3, -0.25) is 9.69 Å². The van der Waals surface area contributed by atoms with Gasteiger partial charge in [0.25, 0.3) is 0 Å². The lowest BCUT2D eigenvalue weighted by molar-refractivity contribution is -0.121. The van der Waals surface area contributed by atoms with Crippen LogP contribution in [-0.4, -0.2) is 36.0 Å². The average molecular weight is 325 g/mol. The summed E-state index contributed by atoms with van der Waals surface area (Å²) in [5.41, 5.74) is 1.28. The van der Waals surface area contributed by atoms with Gasteiger partial charge in [-0.2, -0.15) is 0 Å². The molecule has 1 aliphatic heterocycles. The number of likely N-dealkylation sites (tertiary alicyclic amines) is 1. The van der Waals surface area contributed by atoms with Gasteiger partial charge in [-0.1, -0.05) is 30.3 Å². The highest BCUT2D eigenvalue weighted by Gasteiger charge is 2.26. The zero-order valence-electron chi connectivity index (χ0n) is 13.9. The van der Waals surface area contributed by atoms with Crippen LogP contribution in [0.1, 0.15) is 18.4 Å². The van der Waals surface area contributed by atoms with Crippen molar-refractivity contribution in [3.05, 3.63) is 54.2 Å². The molecule has 1 unspecified atom stereocenters. The fourth-order valence-electron chi connectivity index (χ4n) is 3.12. The predicted octanol–water partition coefficient (Wildman–Crippen LogP) is 2.94. The van der Waals surface area contributed by atoms with Gasteiger partial charge in [0.1, 0.15) is 0 Å². The maximum Gasteiger partial charge on any atom is 0.230 e. The minimum Gasteiger partial charge on any atom is -0.493 e. The Morgan fingerprint density at radius 1 is 1.29 bits per heavy atom. The van der Waals surface area contributed by atoms with Gasteiger partial charge in [0.05, 0.1) is 13.0 Å². The number of pyridine rings is 1. The lowest BCUT2D eigenvalue weighted by Crippen LogP contribution is -2.40. The number of benzene rings is 1. The van der Waals surface area contributed by atoms with Crippen molar-refractivity contribution in [1.82, 2.24) is 9.88 Å². The summed E-state index contributed by atoms with van der Waals surface area (Å²) in [5, 5.41) is 2.91. The fourth-order valence-corrected chi connectivity index (χ4v) is 3.12. The normalized spacial score (nSPS) is 18.1. The first kappa shape index (κ1) is 16.5. The predicted molar refractivity (Wildman–Crippen MR) is 93.9 cm³/mol. The summed E-state index contributed by atoms with van der Waals surface area (Å²) in [6, 6.07) is 14.0. The Labute approximate surface area is 142 Å². The van der Waals surface area contributed by atoms with Crippen LogP contribution in [0.2, 0.25) is 0 Å². The number of amides is 1. The van der Waals surface area contributed by atoms with Gasteiger partial charge in [0, 0.05) is 19.3 Å². The molecule has 1 atom stereocenters. The van der Waals surface area contributed by atoms with Crippen LogP contribution in [0.5, 0.6) is 5.75 Å². The van der Waals surface area contributed by atoms with E-state index in [0.717, 1.165) is 32.5 Å². The topological polar surface area (TPSA) is 54.5 Å². The number of ether oxygens (including phenoxy) is 1. The minimum atomic E-state index is -0.0193. The van der Waals surface area contributed by atoms with E-state index in [1.54, 1.807) is 25.4 Å². The van der Waals surface area contributed by atoms with Crippen LogP contribution in [-0.2, 0) is 11.3 Å². The third kappa shape index (κ3) is 4.11. The summed E-state index contributed by atoms with van der Waals surface area (Å²) in [4.78, 5) is 19.1. The summed E-state index contributed by atoms with van der Waals surface area (Å²) >= 11 is 0. The zero-order chi connectivity index (χ0) is 16.8. The molecule has 1 N–H and O–H groups in total. The van der Waals surface area contributed by atoms with Gasteiger partial charge in [-0.25, -0.2) is 4.98 Å². The van der Waals surface area contributed by atoms with Gasteiger partial charge < -0.3 is 10.1 Å². The van der Waals surface area contributed by atoms with E-state index in [1.165, 1.54) is 5.56 Å². The Bertz CT molecular complexity index is 675. The molecular formula is C19H23N3O2. The summed E-state index contributed by atoms with van der Waals surface area (Å²) in [5.74, 6) is 1.08. The molecule has 1 fully saturated rings.